The lowest BCUT2D eigenvalue weighted by Crippen LogP contribution is -2.40. The summed E-state index contributed by atoms with van der Waals surface area (Å²) in [6, 6.07) is 0. The first-order chi connectivity index (χ1) is 7.61. The van der Waals surface area contributed by atoms with Crippen molar-refractivity contribution in [3.05, 3.63) is 0 Å². The Labute approximate surface area is 99.0 Å². The van der Waals surface area contributed by atoms with Crippen molar-refractivity contribution in [1.82, 2.24) is 15.1 Å². The normalized spacial score (nSPS) is 19.0. The Morgan fingerprint density at radius 3 is 2.50 bits per heavy atom. The number of carbonyl (C=O) groups excluding carboxylic acids is 1. The first kappa shape index (κ1) is 13.5. The monoisotopic (exact) mass is 227 g/mol. The first-order valence-corrected chi connectivity index (χ1v) is 6.19. The molecule has 0 aromatic carbocycles. The molecular formula is C12H25N3O. The molecule has 1 fully saturated rings. The minimum absolute atomic E-state index is 0.131. The van der Waals surface area contributed by atoms with Gasteiger partial charge in [0.2, 0.25) is 5.91 Å². The van der Waals surface area contributed by atoms with Crippen LogP contribution in [0.15, 0.2) is 0 Å². The molecular weight excluding hydrogens is 202 g/mol. The lowest BCUT2D eigenvalue weighted by Gasteiger charge is -2.31. The predicted octanol–water partition coefficient (Wildman–Crippen LogP) is 0.396. The number of likely N-dealkylation sites (tertiary alicyclic amines) is 1. The molecule has 4 heteroatoms. The molecule has 1 aliphatic heterocycles. The van der Waals surface area contributed by atoms with Crippen LogP contribution < -0.4 is 5.32 Å². The highest BCUT2D eigenvalue weighted by Gasteiger charge is 2.20. The fourth-order valence-electron chi connectivity index (χ4n) is 2.16. The molecule has 16 heavy (non-hydrogen) atoms. The number of piperidine rings is 1. The Bertz CT molecular complexity index is 210. The van der Waals surface area contributed by atoms with E-state index in [9.17, 15) is 4.79 Å². The maximum Gasteiger partial charge on any atom is 0.233 e. The van der Waals surface area contributed by atoms with Crippen LogP contribution in [0, 0.1) is 5.92 Å². The molecule has 1 saturated heterocycles. The van der Waals surface area contributed by atoms with Crippen molar-refractivity contribution in [2.45, 2.75) is 19.3 Å². The summed E-state index contributed by atoms with van der Waals surface area (Å²) in [4.78, 5) is 15.7. The Kier molecular flexibility index (Phi) is 5.77. The molecule has 94 valence electrons. The molecule has 1 amide bonds. The van der Waals surface area contributed by atoms with Crippen molar-refractivity contribution < 1.29 is 4.79 Å². The van der Waals surface area contributed by atoms with Crippen molar-refractivity contribution in [1.29, 1.82) is 0 Å². The van der Waals surface area contributed by atoms with E-state index >= 15 is 0 Å². The second-order valence-electron chi connectivity index (χ2n) is 4.98. The van der Waals surface area contributed by atoms with E-state index in [0.29, 0.717) is 6.54 Å². The summed E-state index contributed by atoms with van der Waals surface area (Å²) in [5, 5.41) is 2.68. The van der Waals surface area contributed by atoms with E-state index < -0.39 is 0 Å². The molecule has 0 bridgehead atoms. The van der Waals surface area contributed by atoms with Gasteiger partial charge < -0.3 is 10.2 Å². The third kappa shape index (κ3) is 4.94. The van der Waals surface area contributed by atoms with Gasteiger partial charge in [-0.2, -0.15) is 0 Å². The summed E-state index contributed by atoms with van der Waals surface area (Å²) in [6.07, 6.45) is 3.77. The number of hydrogen-bond donors (Lipinski definition) is 1. The molecule has 0 aromatic rings. The second-order valence-corrected chi connectivity index (χ2v) is 4.98. The number of nitrogens with zero attached hydrogens (tertiary/aromatic N) is 2. The molecule has 0 aliphatic carbocycles. The predicted molar refractivity (Wildman–Crippen MR) is 66.4 cm³/mol. The van der Waals surface area contributed by atoms with Crippen LogP contribution in [0.5, 0.6) is 0 Å². The van der Waals surface area contributed by atoms with Crippen molar-refractivity contribution in [2.75, 3.05) is 47.3 Å². The summed E-state index contributed by atoms with van der Waals surface area (Å²) in [5.74, 6) is 0.982. The van der Waals surface area contributed by atoms with Crippen LogP contribution in [0.1, 0.15) is 19.3 Å². The van der Waals surface area contributed by atoms with Crippen molar-refractivity contribution in [3.63, 3.8) is 0 Å². The Balaban J connectivity index is 2.16. The van der Waals surface area contributed by atoms with Crippen LogP contribution in [-0.2, 0) is 4.79 Å². The number of rotatable bonds is 5. The van der Waals surface area contributed by atoms with Gasteiger partial charge in [-0.3, -0.25) is 9.69 Å². The SMILES string of the molecule is CNC(=O)CN1CCC(CCN(C)C)CC1. The lowest BCUT2D eigenvalue weighted by molar-refractivity contribution is -0.122. The molecule has 0 saturated carbocycles. The van der Waals surface area contributed by atoms with Gasteiger partial charge in [0, 0.05) is 7.05 Å². The van der Waals surface area contributed by atoms with Gasteiger partial charge in [0.15, 0.2) is 0 Å². The number of carbonyl (C=O) groups is 1. The summed E-state index contributed by atoms with van der Waals surface area (Å²) >= 11 is 0. The topological polar surface area (TPSA) is 35.6 Å². The zero-order valence-corrected chi connectivity index (χ0v) is 10.8. The van der Waals surface area contributed by atoms with E-state index in [-0.39, 0.29) is 5.91 Å². The van der Waals surface area contributed by atoms with Gasteiger partial charge in [0.1, 0.15) is 0 Å². The molecule has 1 rings (SSSR count). The highest BCUT2D eigenvalue weighted by atomic mass is 16.1. The summed E-state index contributed by atoms with van der Waals surface area (Å²) in [5.41, 5.74) is 0. The maximum atomic E-state index is 11.2. The fourth-order valence-corrected chi connectivity index (χ4v) is 2.16. The minimum atomic E-state index is 0.131. The van der Waals surface area contributed by atoms with Crippen LogP contribution in [0.4, 0.5) is 0 Å². The van der Waals surface area contributed by atoms with Crippen molar-refractivity contribution >= 4 is 5.91 Å². The number of hydrogen-bond acceptors (Lipinski definition) is 3. The van der Waals surface area contributed by atoms with E-state index in [2.05, 4.69) is 29.2 Å². The summed E-state index contributed by atoms with van der Waals surface area (Å²) < 4.78 is 0. The third-order valence-corrected chi connectivity index (χ3v) is 3.34. The zero-order chi connectivity index (χ0) is 12.0. The Morgan fingerprint density at radius 2 is 2.00 bits per heavy atom. The molecule has 0 radical (unpaired) electrons. The Morgan fingerprint density at radius 1 is 1.38 bits per heavy atom. The van der Waals surface area contributed by atoms with Gasteiger partial charge in [-0.1, -0.05) is 0 Å². The molecule has 0 unspecified atom stereocenters. The second kappa shape index (κ2) is 6.86. The molecule has 1 heterocycles. The Hall–Kier alpha value is -0.610. The molecule has 4 nitrogen and oxygen atoms in total. The standard InChI is InChI=1S/C12H25N3O/c1-13-12(16)10-15-8-5-11(6-9-15)4-7-14(2)3/h11H,4-10H2,1-3H3,(H,13,16). The van der Waals surface area contributed by atoms with Crippen LogP contribution >= 0.6 is 0 Å². The highest BCUT2D eigenvalue weighted by Crippen LogP contribution is 2.20. The van der Waals surface area contributed by atoms with E-state index in [1.807, 2.05) is 0 Å². The largest absolute Gasteiger partial charge is 0.358 e. The van der Waals surface area contributed by atoms with Crippen molar-refractivity contribution in [2.24, 2.45) is 5.92 Å². The van der Waals surface area contributed by atoms with Gasteiger partial charge in [0.05, 0.1) is 6.54 Å². The van der Waals surface area contributed by atoms with Crippen LogP contribution in [0.25, 0.3) is 0 Å². The first-order valence-electron chi connectivity index (χ1n) is 6.19. The maximum absolute atomic E-state index is 11.2. The van der Waals surface area contributed by atoms with E-state index in [1.54, 1.807) is 7.05 Å². The van der Waals surface area contributed by atoms with Gasteiger partial charge in [0.25, 0.3) is 0 Å². The smallest absolute Gasteiger partial charge is 0.233 e. The average molecular weight is 227 g/mol. The molecule has 0 aromatic heterocycles. The lowest BCUT2D eigenvalue weighted by atomic mass is 9.93. The van der Waals surface area contributed by atoms with Crippen LogP contribution in [0.2, 0.25) is 0 Å². The average Bonchev–Trinajstić information content (AvgIpc) is 2.28. The van der Waals surface area contributed by atoms with E-state index in [1.165, 1.54) is 25.8 Å². The van der Waals surface area contributed by atoms with E-state index in [0.717, 1.165) is 19.0 Å². The molecule has 1 aliphatic rings. The minimum Gasteiger partial charge on any atom is -0.358 e. The van der Waals surface area contributed by atoms with Crippen LogP contribution in [-0.4, -0.2) is 63.0 Å². The number of amides is 1. The molecule has 0 spiro atoms. The number of nitrogens with one attached hydrogen (secondary N) is 1. The number of likely N-dealkylation sites (N-methyl/N-ethyl adjacent to an activating group) is 1. The van der Waals surface area contributed by atoms with Crippen molar-refractivity contribution in [3.8, 4) is 0 Å². The highest BCUT2D eigenvalue weighted by molar-refractivity contribution is 5.77. The van der Waals surface area contributed by atoms with Gasteiger partial charge in [-0.25, -0.2) is 0 Å². The molecule has 0 atom stereocenters. The fraction of sp³-hybridized carbons (Fsp3) is 0.917. The van der Waals surface area contributed by atoms with Gasteiger partial charge >= 0.3 is 0 Å². The third-order valence-electron chi connectivity index (χ3n) is 3.34. The summed E-state index contributed by atoms with van der Waals surface area (Å²) in [6.45, 7) is 3.90. The zero-order valence-electron chi connectivity index (χ0n) is 10.8. The quantitative estimate of drug-likeness (QED) is 0.738. The molecule has 1 N–H and O–H groups in total. The van der Waals surface area contributed by atoms with Gasteiger partial charge in [-0.15, -0.1) is 0 Å². The van der Waals surface area contributed by atoms with Crippen LogP contribution in [0.3, 0.4) is 0 Å². The summed E-state index contributed by atoms with van der Waals surface area (Å²) in [7, 11) is 5.95. The van der Waals surface area contributed by atoms with E-state index in [4.69, 9.17) is 0 Å². The van der Waals surface area contributed by atoms with Gasteiger partial charge in [-0.05, 0) is 58.9 Å².